The highest BCUT2D eigenvalue weighted by Crippen LogP contribution is 2.11. The predicted molar refractivity (Wildman–Crippen MR) is 65.0 cm³/mol. The Labute approximate surface area is 96.0 Å². The van der Waals surface area contributed by atoms with E-state index in [0.29, 0.717) is 18.2 Å². The molecule has 1 saturated heterocycles. The number of amides is 1. The zero-order valence-electron chi connectivity index (χ0n) is 9.37. The molecule has 0 spiro atoms. The Bertz CT molecular complexity index is 195. The van der Waals surface area contributed by atoms with Gasteiger partial charge in [0, 0.05) is 50.1 Å². The van der Waals surface area contributed by atoms with Crippen molar-refractivity contribution in [2.24, 2.45) is 5.73 Å². The summed E-state index contributed by atoms with van der Waals surface area (Å²) in [4.78, 5) is 13.7. The van der Waals surface area contributed by atoms with Crippen molar-refractivity contribution in [1.29, 1.82) is 0 Å². The van der Waals surface area contributed by atoms with Crippen molar-refractivity contribution in [3.8, 4) is 0 Å². The molecular weight excluding hydrogens is 210 g/mol. The van der Waals surface area contributed by atoms with E-state index < -0.39 is 0 Å². The Hall–Kier alpha value is -0.260. The van der Waals surface area contributed by atoms with Gasteiger partial charge in [-0.1, -0.05) is 6.92 Å². The number of hydrogen-bond donors (Lipinski definition) is 2. The van der Waals surface area contributed by atoms with Crippen LogP contribution in [0.2, 0.25) is 0 Å². The Morgan fingerprint density at radius 2 is 2.20 bits per heavy atom. The molecule has 1 aliphatic rings. The van der Waals surface area contributed by atoms with Crippen LogP contribution in [-0.4, -0.2) is 54.5 Å². The third-order valence-electron chi connectivity index (χ3n) is 2.52. The molecule has 4 nitrogen and oxygen atoms in total. The molecule has 88 valence electrons. The van der Waals surface area contributed by atoms with Crippen LogP contribution in [0.15, 0.2) is 0 Å². The highest BCUT2D eigenvalue weighted by molar-refractivity contribution is 7.99. The van der Waals surface area contributed by atoms with Crippen LogP contribution < -0.4 is 11.1 Å². The zero-order chi connectivity index (χ0) is 11.1. The first-order valence-electron chi connectivity index (χ1n) is 5.54. The van der Waals surface area contributed by atoms with Crippen LogP contribution in [0.25, 0.3) is 0 Å². The van der Waals surface area contributed by atoms with Crippen LogP contribution in [0, 0.1) is 0 Å². The molecule has 0 aliphatic carbocycles. The summed E-state index contributed by atoms with van der Waals surface area (Å²) in [6.07, 6.45) is 0.648. The third-order valence-corrected chi connectivity index (χ3v) is 3.72. The molecule has 0 saturated carbocycles. The van der Waals surface area contributed by atoms with Crippen LogP contribution in [0.4, 0.5) is 0 Å². The van der Waals surface area contributed by atoms with Crippen LogP contribution in [0.5, 0.6) is 0 Å². The fourth-order valence-electron chi connectivity index (χ4n) is 1.49. The number of hydrogen-bond acceptors (Lipinski definition) is 4. The minimum atomic E-state index is 0.285. The second kappa shape index (κ2) is 7.09. The molecule has 1 rings (SSSR count). The molecule has 15 heavy (non-hydrogen) atoms. The van der Waals surface area contributed by atoms with E-state index in [1.807, 2.05) is 4.90 Å². The van der Waals surface area contributed by atoms with E-state index in [2.05, 4.69) is 12.2 Å². The summed E-state index contributed by atoms with van der Waals surface area (Å²) >= 11 is 1.78. The van der Waals surface area contributed by atoms with E-state index in [4.69, 9.17) is 5.73 Å². The Kier molecular flexibility index (Phi) is 6.05. The molecule has 0 aromatic heterocycles. The highest BCUT2D eigenvalue weighted by atomic mass is 32.2. The van der Waals surface area contributed by atoms with Crippen molar-refractivity contribution in [3.63, 3.8) is 0 Å². The average molecular weight is 231 g/mol. The third kappa shape index (κ3) is 4.86. The summed E-state index contributed by atoms with van der Waals surface area (Å²) < 4.78 is 0. The van der Waals surface area contributed by atoms with Gasteiger partial charge in [-0.05, 0) is 0 Å². The summed E-state index contributed by atoms with van der Waals surface area (Å²) in [6, 6.07) is 0. The molecule has 1 amide bonds. The quantitative estimate of drug-likeness (QED) is 0.693. The molecule has 1 atom stereocenters. The van der Waals surface area contributed by atoms with Crippen molar-refractivity contribution in [2.45, 2.75) is 18.6 Å². The summed E-state index contributed by atoms with van der Waals surface area (Å²) in [5, 5.41) is 3.70. The van der Waals surface area contributed by atoms with Gasteiger partial charge in [-0.25, -0.2) is 0 Å². The van der Waals surface area contributed by atoms with Crippen LogP contribution in [0.1, 0.15) is 13.3 Å². The summed E-state index contributed by atoms with van der Waals surface area (Å²) in [7, 11) is 0. The van der Waals surface area contributed by atoms with Gasteiger partial charge in [-0.2, -0.15) is 11.8 Å². The van der Waals surface area contributed by atoms with E-state index in [9.17, 15) is 4.79 Å². The smallest absolute Gasteiger partial charge is 0.223 e. The van der Waals surface area contributed by atoms with E-state index in [-0.39, 0.29) is 5.91 Å². The van der Waals surface area contributed by atoms with Crippen molar-refractivity contribution >= 4 is 17.7 Å². The van der Waals surface area contributed by atoms with Crippen LogP contribution >= 0.6 is 11.8 Å². The number of carbonyl (C=O) groups is 1. The average Bonchev–Trinajstić information content (AvgIpc) is 2.29. The topological polar surface area (TPSA) is 58.4 Å². The second-order valence-electron chi connectivity index (χ2n) is 3.80. The predicted octanol–water partition coefficient (Wildman–Crippen LogP) is -0.111. The van der Waals surface area contributed by atoms with Crippen molar-refractivity contribution in [1.82, 2.24) is 10.2 Å². The molecule has 0 radical (unpaired) electrons. The van der Waals surface area contributed by atoms with Gasteiger partial charge < -0.3 is 16.0 Å². The Morgan fingerprint density at radius 3 is 2.80 bits per heavy atom. The van der Waals surface area contributed by atoms with Crippen molar-refractivity contribution in [2.75, 3.05) is 38.5 Å². The molecule has 1 heterocycles. The number of rotatable bonds is 5. The first kappa shape index (κ1) is 12.8. The van der Waals surface area contributed by atoms with Crippen molar-refractivity contribution in [3.05, 3.63) is 0 Å². The van der Waals surface area contributed by atoms with Crippen LogP contribution in [0.3, 0.4) is 0 Å². The summed E-state index contributed by atoms with van der Waals surface area (Å²) in [5.74, 6) is 1.18. The molecule has 0 aromatic rings. The molecule has 3 N–H and O–H groups in total. The lowest BCUT2D eigenvalue weighted by molar-refractivity contribution is -0.131. The van der Waals surface area contributed by atoms with Gasteiger partial charge in [0.1, 0.15) is 0 Å². The number of piperazine rings is 1. The summed E-state index contributed by atoms with van der Waals surface area (Å²) in [5.41, 5.74) is 5.51. The van der Waals surface area contributed by atoms with Crippen LogP contribution in [-0.2, 0) is 4.79 Å². The fourth-order valence-corrected chi connectivity index (χ4v) is 2.32. The SMILES string of the molecule is CC(CN)SCCC(=O)N1CCNCC1. The minimum Gasteiger partial charge on any atom is -0.340 e. The van der Waals surface area contributed by atoms with Gasteiger partial charge in [0.2, 0.25) is 5.91 Å². The van der Waals surface area contributed by atoms with E-state index in [0.717, 1.165) is 31.9 Å². The maximum atomic E-state index is 11.7. The number of nitrogens with one attached hydrogen (secondary N) is 1. The first-order chi connectivity index (χ1) is 7.24. The fraction of sp³-hybridized carbons (Fsp3) is 0.900. The molecule has 0 aromatic carbocycles. The second-order valence-corrected chi connectivity index (χ2v) is 5.34. The van der Waals surface area contributed by atoms with E-state index >= 15 is 0 Å². The monoisotopic (exact) mass is 231 g/mol. The van der Waals surface area contributed by atoms with Gasteiger partial charge in [0.25, 0.3) is 0 Å². The highest BCUT2D eigenvalue weighted by Gasteiger charge is 2.15. The van der Waals surface area contributed by atoms with Gasteiger partial charge in [-0.15, -0.1) is 0 Å². The van der Waals surface area contributed by atoms with E-state index in [1.54, 1.807) is 11.8 Å². The number of carbonyl (C=O) groups excluding carboxylic acids is 1. The summed E-state index contributed by atoms with van der Waals surface area (Å²) in [6.45, 7) is 6.36. The number of thioether (sulfide) groups is 1. The Balaban J connectivity index is 2.12. The molecule has 1 unspecified atom stereocenters. The maximum Gasteiger partial charge on any atom is 0.223 e. The Morgan fingerprint density at radius 1 is 1.53 bits per heavy atom. The van der Waals surface area contributed by atoms with Gasteiger partial charge in [-0.3, -0.25) is 4.79 Å². The molecular formula is C10H21N3OS. The number of nitrogens with two attached hydrogens (primary N) is 1. The molecule has 1 fully saturated rings. The van der Waals surface area contributed by atoms with E-state index in [1.165, 1.54) is 0 Å². The molecule has 1 aliphatic heterocycles. The standard InChI is InChI=1S/C10H21N3OS/c1-9(8-11)15-7-2-10(14)13-5-3-12-4-6-13/h9,12H,2-8,11H2,1H3. The van der Waals surface area contributed by atoms with Crippen molar-refractivity contribution < 1.29 is 4.79 Å². The first-order valence-corrected chi connectivity index (χ1v) is 6.59. The number of nitrogens with zero attached hydrogens (tertiary/aromatic N) is 1. The van der Waals surface area contributed by atoms with Gasteiger partial charge >= 0.3 is 0 Å². The maximum absolute atomic E-state index is 11.7. The molecule has 0 bridgehead atoms. The minimum absolute atomic E-state index is 0.285. The lowest BCUT2D eigenvalue weighted by atomic mass is 10.3. The molecule has 5 heteroatoms. The van der Waals surface area contributed by atoms with Gasteiger partial charge in [0.05, 0.1) is 0 Å². The largest absolute Gasteiger partial charge is 0.340 e. The zero-order valence-corrected chi connectivity index (χ0v) is 10.2. The van der Waals surface area contributed by atoms with Gasteiger partial charge in [0.15, 0.2) is 0 Å². The lowest BCUT2D eigenvalue weighted by Crippen LogP contribution is -2.46. The lowest BCUT2D eigenvalue weighted by Gasteiger charge is -2.27. The normalized spacial score (nSPS) is 18.9.